The van der Waals surface area contributed by atoms with E-state index in [-0.39, 0.29) is 12.2 Å². The topological polar surface area (TPSA) is 29.5 Å². The maximum Gasteiger partial charge on any atom is 0.124 e. The molecule has 17 heavy (non-hydrogen) atoms. The van der Waals surface area contributed by atoms with Crippen LogP contribution < -0.4 is 4.74 Å². The van der Waals surface area contributed by atoms with Gasteiger partial charge in [0.1, 0.15) is 11.9 Å². The molecule has 0 heterocycles. The molecule has 1 N–H and O–H groups in total. The van der Waals surface area contributed by atoms with Crippen LogP contribution in [-0.4, -0.2) is 17.3 Å². The predicted octanol–water partition coefficient (Wildman–Crippen LogP) is 3.80. The third-order valence-electron chi connectivity index (χ3n) is 3.27. The van der Waals surface area contributed by atoms with Gasteiger partial charge in [0.05, 0.1) is 6.10 Å². The molecule has 1 saturated carbocycles. The zero-order valence-corrected chi connectivity index (χ0v) is 10.7. The van der Waals surface area contributed by atoms with Gasteiger partial charge in [0, 0.05) is 5.02 Å². The first kappa shape index (κ1) is 12.7. The Bertz CT molecular complexity index is 337. The molecule has 2 nitrogen and oxygen atoms in total. The highest BCUT2D eigenvalue weighted by molar-refractivity contribution is 6.30. The highest BCUT2D eigenvalue weighted by atomic mass is 35.5. The number of aliphatic hydroxyl groups excluding tert-OH is 1. The SMILES string of the molecule is O[C@H]1CCCCCC[C@H]1Oc1ccc(Cl)cc1. The quantitative estimate of drug-likeness (QED) is 0.870. The number of rotatable bonds is 2. The fourth-order valence-electron chi connectivity index (χ4n) is 2.26. The first-order valence-corrected chi connectivity index (χ1v) is 6.74. The molecule has 0 spiro atoms. The van der Waals surface area contributed by atoms with Crippen molar-refractivity contribution in [3.63, 3.8) is 0 Å². The molecule has 1 aliphatic rings. The monoisotopic (exact) mass is 254 g/mol. The van der Waals surface area contributed by atoms with Crippen LogP contribution in [0.1, 0.15) is 38.5 Å². The summed E-state index contributed by atoms with van der Waals surface area (Å²) in [5.41, 5.74) is 0. The number of aliphatic hydroxyl groups is 1. The summed E-state index contributed by atoms with van der Waals surface area (Å²) in [6.45, 7) is 0. The minimum absolute atomic E-state index is 0.0727. The van der Waals surface area contributed by atoms with Crippen LogP contribution in [0.4, 0.5) is 0 Å². The van der Waals surface area contributed by atoms with Gasteiger partial charge in [-0.2, -0.15) is 0 Å². The van der Waals surface area contributed by atoms with Crippen LogP contribution in [0.15, 0.2) is 24.3 Å². The number of hydrogen-bond acceptors (Lipinski definition) is 2. The third kappa shape index (κ3) is 3.90. The van der Waals surface area contributed by atoms with E-state index in [2.05, 4.69) is 0 Å². The van der Waals surface area contributed by atoms with Crippen LogP contribution in [-0.2, 0) is 0 Å². The van der Waals surface area contributed by atoms with E-state index in [0.717, 1.165) is 31.4 Å². The minimum Gasteiger partial charge on any atom is -0.488 e. The predicted molar refractivity (Wildman–Crippen MR) is 69.6 cm³/mol. The summed E-state index contributed by atoms with van der Waals surface area (Å²) in [5.74, 6) is 0.791. The second-order valence-corrected chi connectivity index (χ2v) is 5.11. The van der Waals surface area contributed by atoms with Gasteiger partial charge in [-0.1, -0.05) is 30.9 Å². The van der Waals surface area contributed by atoms with Crippen molar-refractivity contribution in [2.45, 2.75) is 50.7 Å². The van der Waals surface area contributed by atoms with E-state index in [1.165, 1.54) is 12.8 Å². The number of halogens is 1. The van der Waals surface area contributed by atoms with Crippen LogP contribution in [0.3, 0.4) is 0 Å². The Morgan fingerprint density at radius 3 is 2.35 bits per heavy atom. The number of ether oxygens (including phenoxy) is 1. The third-order valence-corrected chi connectivity index (χ3v) is 3.52. The molecule has 94 valence electrons. The average molecular weight is 255 g/mol. The van der Waals surface area contributed by atoms with Gasteiger partial charge in [0.15, 0.2) is 0 Å². The molecule has 1 aromatic carbocycles. The first-order chi connectivity index (χ1) is 8.25. The molecule has 0 unspecified atom stereocenters. The molecule has 0 aromatic heterocycles. The Morgan fingerprint density at radius 1 is 1.00 bits per heavy atom. The van der Waals surface area contributed by atoms with Crippen LogP contribution in [0.2, 0.25) is 5.02 Å². The van der Waals surface area contributed by atoms with E-state index in [1.54, 1.807) is 0 Å². The van der Waals surface area contributed by atoms with Gasteiger partial charge in [0.2, 0.25) is 0 Å². The Hall–Kier alpha value is -0.730. The molecule has 0 saturated heterocycles. The van der Waals surface area contributed by atoms with Gasteiger partial charge in [-0.25, -0.2) is 0 Å². The molecule has 1 fully saturated rings. The molecule has 3 heteroatoms. The van der Waals surface area contributed by atoms with E-state index in [1.807, 2.05) is 24.3 Å². The summed E-state index contributed by atoms with van der Waals surface area (Å²) < 4.78 is 5.85. The fourth-order valence-corrected chi connectivity index (χ4v) is 2.38. The van der Waals surface area contributed by atoms with E-state index < -0.39 is 0 Å². The molecule has 2 rings (SSSR count). The summed E-state index contributed by atoms with van der Waals surface area (Å²) in [6, 6.07) is 7.33. The maximum atomic E-state index is 10.0. The Labute approximate surface area is 108 Å². The second-order valence-electron chi connectivity index (χ2n) is 4.67. The van der Waals surface area contributed by atoms with Gasteiger partial charge >= 0.3 is 0 Å². The summed E-state index contributed by atoms with van der Waals surface area (Å²) in [6.07, 6.45) is 6.07. The van der Waals surface area contributed by atoms with Crippen LogP contribution in [0.25, 0.3) is 0 Å². The fraction of sp³-hybridized carbons (Fsp3) is 0.571. The molecule has 1 aliphatic carbocycles. The molecule has 0 bridgehead atoms. The lowest BCUT2D eigenvalue weighted by molar-refractivity contribution is 0.0187. The summed E-state index contributed by atoms with van der Waals surface area (Å²) in [7, 11) is 0. The van der Waals surface area contributed by atoms with Gasteiger partial charge in [-0.05, 0) is 43.5 Å². The zero-order chi connectivity index (χ0) is 12.1. The maximum absolute atomic E-state index is 10.0. The van der Waals surface area contributed by atoms with Crippen LogP contribution in [0, 0.1) is 0 Å². The second kappa shape index (κ2) is 6.27. The van der Waals surface area contributed by atoms with E-state index in [9.17, 15) is 5.11 Å². The van der Waals surface area contributed by atoms with E-state index in [4.69, 9.17) is 16.3 Å². The van der Waals surface area contributed by atoms with Crippen molar-refractivity contribution in [1.29, 1.82) is 0 Å². The molecule has 1 aromatic rings. The van der Waals surface area contributed by atoms with Gasteiger partial charge in [-0.3, -0.25) is 0 Å². The lowest BCUT2D eigenvalue weighted by atomic mass is 9.96. The molecular formula is C14H19ClO2. The number of hydrogen-bond donors (Lipinski definition) is 1. The van der Waals surface area contributed by atoms with E-state index >= 15 is 0 Å². The molecule has 0 radical (unpaired) electrons. The highest BCUT2D eigenvalue weighted by Crippen LogP contribution is 2.23. The van der Waals surface area contributed by atoms with Crippen LogP contribution in [0.5, 0.6) is 5.75 Å². The zero-order valence-electron chi connectivity index (χ0n) is 9.94. The van der Waals surface area contributed by atoms with Crippen molar-refractivity contribution in [2.75, 3.05) is 0 Å². The van der Waals surface area contributed by atoms with Crippen molar-refractivity contribution >= 4 is 11.6 Å². The highest BCUT2D eigenvalue weighted by Gasteiger charge is 2.22. The van der Waals surface area contributed by atoms with Gasteiger partial charge < -0.3 is 9.84 Å². The molecule has 2 atom stereocenters. The van der Waals surface area contributed by atoms with E-state index in [0.29, 0.717) is 5.02 Å². The summed E-state index contributed by atoms with van der Waals surface area (Å²) in [4.78, 5) is 0. The standard InChI is InChI=1S/C14H19ClO2/c15-11-7-9-12(10-8-11)17-14-6-4-2-1-3-5-13(14)16/h7-10,13-14,16H,1-6H2/t13-,14+/m0/s1. The molecule has 0 amide bonds. The normalized spacial score (nSPS) is 26.0. The van der Waals surface area contributed by atoms with Gasteiger partial charge in [-0.15, -0.1) is 0 Å². The first-order valence-electron chi connectivity index (χ1n) is 6.36. The van der Waals surface area contributed by atoms with Crippen molar-refractivity contribution in [2.24, 2.45) is 0 Å². The summed E-state index contributed by atoms with van der Waals surface area (Å²) in [5, 5.41) is 10.7. The lowest BCUT2D eigenvalue weighted by Gasteiger charge is -2.26. The van der Waals surface area contributed by atoms with Crippen molar-refractivity contribution in [3.8, 4) is 5.75 Å². The van der Waals surface area contributed by atoms with Crippen molar-refractivity contribution < 1.29 is 9.84 Å². The van der Waals surface area contributed by atoms with Crippen molar-refractivity contribution in [3.05, 3.63) is 29.3 Å². The van der Waals surface area contributed by atoms with Crippen molar-refractivity contribution in [1.82, 2.24) is 0 Å². The summed E-state index contributed by atoms with van der Waals surface area (Å²) >= 11 is 5.83. The average Bonchev–Trinajstić information content (AvgIpc) is 2.31. The van der Waals surface area contributed by atoms with Crippen LogP contribution >= 0.6 is 11.6 Å². The Morgan fingerprint density at radius 2 is 1.65 bits per heavy atom. The molecule has 0 aliphatic heterocycles. The number of benzene rings is 1. The Kier molecular flexibility index (Phi) is 4.69. The largest absolute Gasteiger partial charge is 0.488 e. The smallest absolute Gasteiger partial charge is 0.124 e. The minimum atomic E-state index is -0.342. The Balaban J connectivity index is 1.97. The van der Waals surface area contributed by atoms with Gasteiger partial charge in [0.25, 0.3) is 0 Å². The lowest BCUT2D eigenvalue weighted by Crippen LogP contribution is -2.32. The molecular weight excluding hydrogens is 236 g/mol.